The first-order valence-corrected chi connectivity index (χ1v) is 6.31. The third kappa shape index (κ3) is 2.47. The van der Waals surface area contributed by atoms with Crippen molar-refractivity contribution in [3.05, 3.63) is 72.3 Å². The Morgan fingerprint density at radius 3 is 2.30 bits per heavy atom. The Morgan fingerprint density at radius 2 is 1.55 bits per heavy atom. The molecule has 20 heavy (non-hydrogen) atoms. The van der Waals surface area contributed by atoms with Gasteiger partial charge in [0.1, 0.15) is 5.75 Å². The fourth-order valence-electron chi connectivity index (χ4n) is 2.08. The van der Waals surface area contributed by atoms with Crippen molar-refractivity contribution in [3.63, 3.8) is 0 Å². The lowest BCUT2D eigenvalue weighted by Gasteiger charge is -2.06. The molecule has 0 spiro atoms. The Labute approximate surface area is 116 Å². The summed E-state index contributed by atoms with van der Waals surface area (Å²) in [6, 6.07) is 19.9. The molecule has 98 valence electrons. The van der Waals surface area contributed by atoms with Crippen molar-refractivity contribution in [2.75, 3.05) is 5.32 Å². The van der Waals surface area contributed by atoms with Gasteiger partial charge in [-0.25, -0.2) is 0 Å². The SMILES string of the molecule is O=C(Nc1ccc(O)cc1)c1ccc2ccccc2c1. The topological polar surface area (TPSA) is 49.3 Å². The number of benzene rings is 3. The van der Waals surface area contributed by atoms with Crippen molar-refractivity contribution in [2.24, 2.45) is 0 Å². The van der Waals surface area contributed by atoms with E-state index in [0.717, 1.165) is 10.8 Å². The smallest absolute Gasteiger partial charge is 0.255 e. The van der Waals surface area contributed by atoms with Gasteiger partial charge in [0.2, 0.25) is 0 Å². The van der Waals surface area contributed by atoms with Crippen LogP contribution in [0, 0.1) is 0 Å². The molecule has 0 radical (unpaired) electrons. The minimum atomic E-state index is -0.165. The van der Waals surface area contributed by atoms with Crippen molar-refractivity contribution in [1.29, 1.82) is 0 Å². The van der Waals surface area contributed by atoms with E-state index in [4.69, 9.17) is 0 Å². The molecule has 3 heteroatoms. The molecule has 0 aliphatic rings. The van der Waals surface area contributed by atoms with Gasteiger partial charge in [-0.3, -0.25) is 4.79 Å². The summed E-state index contributed by atoms with van der Waals surface area (Å²) in [6.07, 6.45) is 0. The molecule has 0 heterocycles. The van der Waals surface area contributed by atoms with Crippen LogP contribution in [-0.2, 0) is 0 Å². The zero-order valence-electron chi connectivity index (χ0n) is 10.7. The highest BCUT2D eigenvalue weighted by Gasteiger charge is 2.06. The number of rotatable bonds is 2. The third-order valence-electron chi connectivity index (χ3n) is 3.14. The summed E-state index contributed by atoms with van der Waals surface area (Å²) >= 11 is 0. The maximum atomic E-state index is 12.2. The number of hydrogen-bond acceptors (Lipinski definition) is 2. The van der Waals surface area contributed by atoms with E-state index in [2.05, 4.69) is 5.32 Å². The van der Waals surface area contributed by atoms with Gasteiger partial charge in [0, 0.05) is 11.3 Å². The van der Waals surface area contributed by atoms with Crippen LogP contribution in [0.15, 0.2) is 66.7 Å². The number of hydrogen-bond donors (Lipinski definition) is 2. The summed E-state index contributed by atoms with van der Waals surface area (Å²) in [5, 5.41) is 14.2. The Morgan fingerprint density at radius 1 is 0.850 bits per heavy atom. The molecule has 3 aromatic carbocycles. The van der Waals surface area contributed by atoms with Gasteiger partial charge in [-0.1, -0.05) is 30.3 Å². The first-order chi connectivity index (χ1) is 9.72. The van der Waals surface area contributed by atoms with Gasteiger partial charge in [-0.2, -0.15) is 0 Å². The first-order valence-electron chi connectivity index (χ1n) is 6.31. The number of amides is 1. The van der Waals surface area contributed by atoms with Crippen LogP contribution < -0.4 is 5.32 Å². The Hall–Kier alpha value is -2.81. The lowest BCUT2D eigenvalue weighted by atomic mass is 10.1. The van der Waals surface area contributed by atoms with Gasteiger partial charge in [-0.15, -0.1) is 0 Å². The second-order valence-corrected chi connectivity index (χ2v) is 4.56. The normalized spacial score (nSPS) is 10.4. The number of carbonyl (C=O) groups excluding carboxylic acids is 1. The summed E-state index contributed by atoms with van der Waals surface area (Å²) in [6.45, 7) is 0. The van der Waals surface area contributed by atoms with E-state index in [1.165, 1.54) is 12.1 Å². The maximum absolute atomic E-state index is 12.2. The minimum Gasteiger partial charge on any atom is -0.508 e. The van der Waals surface area contributed by atoms with Crippen molar-refractivity contribution >= 4 is 22.4 Å². The Bertz CT molecular complexity index is 763. The van der Waals surface area contributed by atoms with Gasteiger partial charge in [0.15, 0.2) is 0 Å². The fraction of sp³-hybridized carbons (Fsp3) is 0. The van der Waals surface area contributed by atoms with Crippen LogP contribution in [0.3, 0.4) is 0 Å². The second kappa shape index (κ2) is 5.05. The quantitative estimate of drug-likeness (QED) is 0.691. The average Bonchev–Trinajstić information content (AvgIpc) is 2.49. The number of anilines is 1. The lowest BCUT2D eigenvalue weighted by molar-refractivity contribution is 0.102. The number of phenols is 1. The summed E-state index contributed by atoms with van der Waals surface area (Å²) in [4.78, 5) is 12.2. The number of phenolic OH excluding ortho intramolecular Hbond substituents is 1. The summed E-state index contributed by atoms with van der Waals surface area (Å²) in [7, 11) is 0. The van der Waals surface area contributed by atoms with Crippen LogP contribution in [0.5, 0.6) is 5.75 Å². The Balaban J connectivity index is 1.86. The molecule has 2 N–H and O–H groups in total. The highest BCUT2D eigenvalue weighted by molar-refractivity contribution is 6.06. The fourth-order valence-corrected chi connectivity index (χ4v) is 2.08. The minimum absolute atomic E-state index is 0.165. The third-order valence-corrected chi connectivity index (χ3v) is 3.14. The number of aromatic hydroxyl groups is 1. The van der Waals surface area contributed by atoms with Gasteiger partial charge in [0.25, 0.3) is 5.91 Å². The molecule has 0 aliphatic carbocycles. The van der Waals surface area contributed by atoms with Crippen LogP contribution in [0.4, 0.5) is 5.69 Å². The summed E-state index contributed by atoms with van der Waals surface area (Å²) in [5.74, 6) is 0.00940. The van der Waals surface area contributed by atoms with Gasteiger partial charge >= 0.3 is 0 Å². The molecular weight excluding hydrogens is 250 g/mol. The largest absolute Gasteiger partial charge is 0.508 e. The molecule has 0 atom stereocenters. The van der Waals surface area contributed by atoms with Crippen LogP contribution in [0.25, 0.3) is 10.8 Å². The van der Waals surface area contributed by atoms with Gasteiger partial charge < -0.3 is 10.4 Å². The van der Waals surface area contributed by atoms with E-state index in [-0.39, 0.29) is 11.7 Å². The van der Waals surface area contributed by atoms with Crippen LogP contribution >= 0.6 is 0 Å². The molecule has 0 bridgehead atoms. The molecule has 3 aromatic rings. The first kappa shape index (κ1) is 12.2. The molecular formula is C17H13NO2. The standard InChI is InChI=1S/C17H13NO2/c19-16-9-7-15(8-10-16)18-17(20)14-6-5-12-3-1-2-4-13(12)11-14/h1-11,19H,(H,18,20). The van der Waals surface area contributed by atoms with E-state index in [9.17, 15) is 9.90 Å². The molecule has 3 nitrogen and oxygen atoms in total. The van der Waals surface area contributed by atoms with E-state index < -0.39 is 0 Å². The van der Waals surface area contributed by atoms with E-state index in [0.29, 0.717) is 11.3 Å². The number of fused-ring (bicyclic) bond motifs is 1. The zero-order chi connectivity index (χ0) is 13.9. The molecule has 1 amide bonds. The predicted molar refractivity (Wildman–Crippen MR) is 80.0 cm³/mol. The Kier molecular flexibility index (Phi) is 3.09. The van der Waals surface area contributed by atoms with Crippen LogP contribution in [-0.4, -0.2) is 11.0 Å². The zero-order valence-corrected chi connectivity index (χ0v) is 10.7. The summed E-state index contributed by atoms with van der Waals surface area (Å²) in [5.41, 5.74) is 1.26. The van der Waals surface area contributed by atoms with E-state index in [1.807, 2.05) is 36.4 Å². The second-order valence-electron chi connectivity index (χ2n) is 4.56. The van der Waals surface area contributed by atoms with Gasteiger partial charge in [0.05, 0.1) is 0 Å². The predicted octanol–water partition coefficient (Wildman–Crippen LogP) is 3.80. The van der Waals surface area contributed by atoms with E-state index in [1.54, 1.807) is 18.2 Å². The molecule has 0 aliphatic heterocycles. The van der Waals surface area contributed by atoms with Crippen molar-refractivity contribution in [3.8, 4) is 5.75 Å². The van der Waals surface area contributed by atoms with E-state index >= 15 is 0 Å². The summed E-state index contributed by atoms with van der Waals surface area (Å²) < 4.78 is 0. The average molecular weight is 263 g/mol. The highest BCUT2D eigenvalue weighted by atomic mass is 16.3. The molecule has 0 aromatic heterocycles. The van der Waals surface area contributed by atoms with Crippen molar-refractivity contribution in [2.45, 2.75) is 0 Å². The molecule has 0 unspecified atom stereocenters. The number of carbonyl (C=O) groups is 1. The maximum Gasteiger partial charge on any atom is 0.255 e. The van der Waals surface area contributed by atoms with Gasteiger partial charge in [-0.05, 0) is 47.2 Å². The number of nitrogens with one attached hydrogen (secondary N) is 1. The lowest BCUT2D eigenvalue weighted by Crippen LogP contribution is -2.11. The molecule has 3 rings (SSSR count). The molecule has 0 saturated carbocycles. The van der Waals surface area contributed by atoms with Crippen molar-refractivity contribution in [1.82, 2.24) is 0 Å². The molecule has 0 saturated heterocycles. The van der Waals surface area contributed by atoms with Crippen LogP contribution in [0.1, 0.15) is 10.4 Å². The molecule has 0 fully saturated rings. The monoisotopic (exact) mass is 263 g/mol. The van der Waals surface area contributed by atoms with Crippen LogP contribution in [0.2, 0.25) is 0 Å². The highest BCUT2D eigenvalue weighted by Crippen LogP contribution is 2.18. The van der Waals surface area contributed by atoms with Crippen molar-refractivity contribution < 1.29 is 9.90 Å².